The van der Waals surface area contributed by atoms with E-state index < -0.39 is 0 Å². The Morgan fingerprint density at radius 3 is 2.09 bits per heavy atom. The van der Waals surface area contributed by atoms with Gasteiger partial charge in [0.25, 0.3) is 0 Å². The van der Waals surface area contributed by atoms with E-state index in [1.807, 2.05) is 0 Å². The number of amides is 1. The van der Waals surface area contributed by atoms with E-state index in [9.17, 15) is 4.79 Å². The summed E-state index contributed by atoms with van der Waals surface area (Å²) >= 11 is 0. The summed E-state index contributed by atoms with van der Waals surface area (Å²) in [7, 11) is 0. The Balaban J connectivity index is 3.93. The van der Waals surface area contributed by atoms with Gasteiger partial charge in [-0.1, -0.05) is 6.42 Å². The van der Waals surface area contributed by atoms with Crippen LogP contribution in [-0.2, 0) is 4.79 Å². The first-order valence-electron chi connectivity index (χ1n) is 9.08. The molecule has 1 amide bonds. The van der Waals surface area contributed by atoms with E-state index in [4.69, 9.17) is 17.2 Å². The van der Waals surface area contributed by atoms with Crippen molar-refractivity contribution >= 4 is 5.91 Å². The molecule has 0 aliphatic rings. The second kappa shape index (κ2) is 17.6. The van der Waals surface area contributed by atoms with Gasteiger partial charge < -0.3 is 33.2 Å². The van der Waals surface area contributed by atoms with Crippen LogP contribution in [0.25, 0.3) is 0 Å². The fraction of sp³-hybridized carbons (Fsp3) is 0.938. The molecule has 23 heavy (non-hydrogen) atoms. The van der Waals surface area contributed by atoms with E-state index in [-0.39, 0.29) is 11.9 Å². The SMILES string of the molecule is NCCCCCNC(=O)C(CCCNCCCN)NCCCN. The van der Waals surface area contributed by atoms with Gasteiger partial charge in [0, 0.05) is 6.54 Å². The third-order valence-corrected chi connectivity index (χ3v) is 3.67. The molecular formula is C16H38N6O. The highest BCUT2D eigenvalue weighted by molar-refractivity contribution is 5.81. The quantitative estimate of drug-likeness (QED) is 0.195. The van der Waals surface area contributed by atoms with Crippen LogP contribution in [0.15, 0.2) is 0 Å². The molecule has 0 aromatic carbocycles. The molecule has 0 aliphatic heterocycles. The Hall–Kier alpha value is -0.730. The molecule has 0 aromatic heterocycles. The van der Waals surface area contributed by atoms with Crippen molar-refractivity contribution in [2.75, 3.05) is 45.8 Å². The first kappa shape index (κ1) is 22.3. The molecule has 138 valence electrons. The molecule has 0 rings (SSSR count). The number of nitrogens with one attached hydrogen (secondary N) is 3. The monoisotopic (exact) mass is 330 g/mol. The maximum Gasteiger partial charge on any atom is 0.237 e. The number of carbonyl (C=O) groups is 1. The van der Waals surface area contributed by atoms with E-state index >= 15 is 0 Å². The summed E-state index contributed by atoms with van der Waals surface area (Å²) in [5, 5.41) is 9.68. The smallest absolute Gasteiger partial charge is 0.237 e. The normalized spacial score (nSPS) is 12.3. The van der Waals surface area contributed by atoms with Crippen molar-refractivity contribution in [3.05, 3.63) is 0 Å². The molecular weight excluding hydrogens is 292 g/mol. The molecule has 7 nitrogen and oxygen atoms in total. The fourth-order valence-electron chi connectivity index (χ4n) is 2.27. The zero-order valence-electron chi connectivity index (χ0n) is 14.6. The van der Waals surface area contributed by atoms with Crippen LogP contribution in [0.3, 0.4) is 0 Å². The minimum absolute atomic E-state index is 0.0942. The average Bonchev–Trinajstić information content (AvgIpc) is 2.56. The van der Waals surface area contributed by atoms with Crippen LogP contribution < -0.4 is 33.2 Å². The maximum absolute atomic E-state index is 12.3. The Morgan fingerprint density at radius 1 is 0.739 bits per heavy atom. The molecule has 9 N–H and O–H groups in total. The summed E-state index contributed by atoms with van der Waals surface area (Å²) in [5.41, 5.74) is 16.4. The van der Waals surface area contributed by atoms with E-state index in [0.29, 0.717) is 19.6 Å². The highest BCUT2D eigenvalue weighted by atomic mass is 16.2. The molecule has 0 saturated carbocycles. The molecule has 7 heteroatoms. The molecule has 0 fully saturated rings. The van der Waals surface area contributed by atoms with Crippen molar-refractivity contribution in [2.45, 2.75) is 51.0 Å². The average molecular weight is 331 g/mol. The lowest BCUT2D eigenvalue weighted by molar-refractivity contribution is -0.123. The largest absolute Gasteiger partial charge is 0.355 e. The zero-order valence-corrected chi connectivity index (χ0v) is 14.6. The van der Waals surface area contributed by atoms with Crippen molar-refractivity contribution < 1.29 is 4.79 Å². The molecule has 0 saturated heterocycles. The number of nitrogens with two attached hydrogens (primary N) is 3. The van der Waals surface area contributed by atoms with Crippen LogP contribution >= 0.6 is 0 Å². The predicted molar refractivity (Wildman–Crippen MR) is 97.2 cm³/mol. The second-order valence-electron chi connectivity index (χ2n) is 5.82. The van der Waals surface area contributed by atoms with E-state index in [1.165, 1.54) is 0 Å². The van der Waals surface area contributed by atoms with Gasteiger partial charge in [-0.15, -0.1) is 0 Å². The molecule has 0 spiro atoms. The Kier molecular flexibility index (Phi) is 17.1. The Labute approximate surface area is 141 Å². The Morgan fingerprint density at radius 2 is 1.39 bits per heavy atom. The molecule has 0 bridgehead atoms. The molecule has 0 radical (unpaired) electrons. The number of unbranched alkanes of at least 4 members (excludes halogenated alkanes) is 2. The predicted octanol–water partition coefficient (Wildman–Crippen LogP) is -0.743. The summed E-state index contributed by atoms with van der Waals surface area (Å²) in [4.78, 5) is 12.3. The third kappa shape index (κ3) is 14.6. The summed E-state index contributed by atoms with van der Waals surface area (Å²) in [6.07, 6.45) is 6.73. The van der Waals surface area contributed by atoms with Gasteiger partial charge in [0.1, 0.15) is 0 Å². The lowest BCUT2D eigenvalue weighted by Crippen LogP contribution is -2.45. The lowest BCUT2D eigenvalue weighted by atomic mass is 10.1. The van der Waals surface area contributed by atoms with Crippen molar-refractivity contribution in [1.29, 1.82) is 0 Å². The summed E-state index contributed by atoms with van der Waals surface area (Å²) in [5.74, 6) is 0.0942. The second-order valence-corrected chi connectivity index (χ2v) is 5.82. The number of hydrogen-bond acceptors (Lipinski definition) is 6. The van der Waals surface area contributed by atoms with Gasteiger partial charge in [-0.25, -0.2) is 0 Å². The fourth-order valence-corrected chi connectivity index (χ4v) is 2.27. The van der Waals surface area contributed by atoms with Crippen molar-refractivity contribution in [3.8, 4) is 0 Å². The van der Waals surface area contributed by atoms with Crippen molar-refractivity contribution in [3.63, 3.8) is 0 Å². The van der Waals surface area contributed by atoms with Gasteiger partial charge >= 0.3 is 0 Å². The van der Waals surface area contributed by atoms with Crippen molar-refractivity contribution in [1.82, 2.24) is 16.0 Å². The molecule has 0 aromatic rings. The van der Waals surface area contributed by atoms with Crippen molar-refractivity contribution in [2.24, 2.45) is 17.2 Å². The van der Waals surface area contributed by atoms with E-state index in [2.05, 4.69) is 16.0 Å². The van der Waals surface area contributed by atoms with Gasteiger partial charge in [0.15, 0.2) is 0 Å². The van der Waals surface area contributed by atoms with Crippen LogP contribution in [0.2, 0.25) is 0 Å². The molecule has 1 atom stereocenters. The van der Waals surface area contributed by atoms with Crippen LogP contribution in [0, 0.1) is 0 Å². The molecule has 1 unspecified atom stereocenters. The highest BCUT2D eigenvalue weighted by Crippen LogP contribution is 1.99. The standard InChI is InChI=1S/C16H38N6O/c17-8-2-1-3-13-22-16(23)15(21-14-6-10-19)7-4-11-20-12-5-9-18/h15,20-21H,1-14,17-19H2,(H,22,23). The first-order valence-corrected chi connectivity index (χ1v) is 9.08. The van der Waals surface area contributed by atoms with E-state index in [0.717, 1.165) is 71.1 Å². The highest BCUT2D eigenvalue weighted by Gasteiger charge is 2.16. The van der Waals surface area contributed by atoms with Gasteiger partial charge in [0.05, 0.1) is 6.04 Å². The van der Waals surface area contributed by atoms with E-state index in [1.54, 1.807) is 0 Å². The summed E-state index contributed by atoms with van der Waals surface area (Å²) in [6, 6.07) is -0.132. The summed E-state index contributed by atoms with van der Waals surface area (Å²) in [6.45, 7) is 5.43. The zero-order chi connectivity index (χ0) is 17.2. The van der Waals surface area contributed by atoms with Gasteiger partial charge in [-0.3, -0.25) is 4.79 Å². The first-order chi connectivity index (χ1) is 11.3. The minimum atomic E-state index is -0.132. The topological polar surface area (TPSA) is 131 Å². The molecule has 0 aliphatic carbocycles. The van der Waals surface area contributed by atoms with Gasteiger partial charge in [-0.2, -0.15) is 0 Å². The minimum Gasteiger partial charge on any atom is -0.355 e. The number of hydrogen-bond donors (Lipinski definition) is 6. The summed E-state index contributed by atoms with van der Waals surface area (Å²) < 4.78 is 0. The third-order valence-electron chi connectivity index (χ3n) is 3.67. The van der Waals surface area contributed by atoms with Crippen LogP contribution in [0.1, 0.15) is 44.9 Å². The Bertz CT molecular complexity index is 265. The lowest BCUT2D eigenvalue weighted by Gasteiger charge is -2.18. The maximum atomic E-state index is 12.3. The number of rotatable bonds is 17. The van der Waals surface area contributed by atoms with Gasteiger partial charge in [-0.05, 0) is 77.8 Å². The number of carbonyl (C=O) groups excluding carboxylic acids is 1. The van der Waals surface area contributed by atoms with Crippen LogP contribution in [0.4, 0.5) is 0 Å². The molecule has 0 heterocycles. The van der Waals surface area contributed by atoms with Gasteiger partial charge in [0.2, 0.25) is 5.91 Å². The van der Waals surface area contributed by atoms with Crippen LogP contribution in [-0.4, -0.2) is 57.8 Å². The van der Waals surface area contributed by atoms with Crippen LogP contribution in [0.5, 0.6) is 0 Å².